The summed E-state index contributed by atoms with van der Waals surface area (Å²) in [6, 6.07) is 8.74. The molecule has 1 aromatic carbocycles. The van der Waals surface area contributed by atoms with Crippen LogP contribution in [0.2, 0.25) is 0 Å². The third-order valence-electron chi connectivity index (χ3n) is 2.57. The topological polar surface area (TPSA) is 26.0 Å². The molecule has 1 unspecified atom stereocenters. The Morgan fingerprint density at radius 3 is 2.82 bits per heavy atom. The molecule has 1 aromatic rings. The highest BCUT2D eigenvalue weighted by Crippen LogP contribution is 2.33. The Morgan fingerprint density at radius 2 is 2.09 bits per heavy atom. The molecule has 0 saturated heterocycles. The van der Waals surface area contributed by atoms with Gasteiger partial charge in [-0.3, -0.25) is 0 Å². The standard InChI is InChI=1S/C10H13N/c1-7-6-8-4-2-3-5-9(8)10(7)11/h2-5,7,10H,6,11H2,1H3/t7?,10-/m1/s1. The number of nitrogens with two attached hydrogens (primary N) is 1. The Morgan fingerprint density at radius 1 is 1.36 bits per heavy atom. The van der Waals surface area contributed by atoms with E-state index in [9.17, 15) is 0 Å². The molecule has 1 aliphatic rings. The van der Waals surface area contributed by atoms with Crippen molar-refractivity contribution >= 4 is 0 Å². The van der Waals surface area contributed by atoms with Gasteiger partial charge < -0.3 is 5.73 Å². The molecule has 2 N–H and O–H groups in total. The molecule has 0 heterocycles. The lowest BCUT2D eigenvalue weighted by molar-refractivity contribution is 0.513. The Hall–Kier alpha value is -0.820. The van der Waals surface area contributed by atoms with Crippen LogP contribution in [0.3, 0.4) is 0 Å². The molecule has 0 fully saturated rings. The third kappa shape index (κ3) is 0.962. The monoisotopic (exact) mass is 147 g/mol. The van der Waals surface area contributed by atoms with Gasteiger partial charge in [0.15, 0.2) is 0 Å². The first-order chi connectivity index (χ1) is 5.29. The van der Waals surface area contributed by atoms with Crippen molar-refractivity contribution in [1.82, 2.24) is 0 Å². The summed E-state index contributed by atoms with van der Waals surface area (Å²) in [4.78, 5) is 0. The number of rotatable bonds is 0. The lowest BCUT2D eigenvalue weighted by Gasteiger charge is -2.08. The summed E-state index contributed by atoms with van der Waals surface area (Å²) in [6.07, 6.45) is 1.15. The fraction of sp³-hybridized carbons (Fsp3) is 0.400. The van der Waals surface area contributed by atoms with Crippen LogP contribution in [0.5, 0.6) is 0 Å². The molecular weight excluding hydrogens is 134 g/mol. The van der Waals surface area contributed by atoms with Crippen molar-refractivity contribution in [3.05, 3.63) is 35.4 Å². The van der Waals surface area contributed by atoms with E-state index in [0.29, 0.717) is 5.92 Å². The Labute approximate surface area is 67.2 Å². The second-order valence-electron chi connectivity index (χ2n) is 3.41. The van der Waals surface area contributed by atoms with Gasteiger partial charge in [0.1, 0.15) is 0 Å². The van der Waals surface area contributed by atoms with Gasteiger partial charge in [-0.1, -0.05) is 31.2 Å². The largest absolute Gasteiger partial charge is 0.324 e. The van der Waals surface area contributed by atoms with Crippen molar-refractivity contribution in [1.29, 1.82) is 0 Å². The van der Waals surface area contributed by atoms with Gasteiger partial charge in [-0.05, 0) is 23.5 Å². The van der Waals surface area contributed by atoms with E-state index in [2.05, 4.69) is 31.2 Å². The van der Waals surface area contributed by atoms with Gasteiger partial charge in [0.2, 0.25) is 0 Å². The van der Waals surface area contributed by atoms with E-state index in [4.69, 9.17) is 5.73 Å². The zero-order valence-electron chi connectivity index (χ0n) is 6.75. The van der Waals surface area contributed by atoms with Crippen LogP contribution in [-0.2, 0) is 6.42 Å². The van der Waals surface area contributed by atoms with Gasteiger partial charge in [0, 0.05) is 6.04 Å². The molecule has 0 bridgehead atoms. The van der Waals surface area contributed by atoms with Crippen LogP contribution in [0.1, 0.15) is 24.1 Å². The highest BCUT2D eigenvalue weighted by atomic mass is 14.7. The van der Waals surface area contributed by atoms with Gasteiger partial charge >= 0.3 is 0 Å². The summed E-state index contributed by atoms with van der Waals surface area (Å²) in [5.41, 5.74) is 8.77. The minimum atomic E-state index is 0.270. The first-order valence-electron chi connectivity index (χ1n) is 4.12. The Balaban J connectivity index is 2.47. The van der Waals surface area contributed by atoms with Crippen LogP contribution in [0.15, 0.2) is 24.3 Å². The molecule has 58 valence electrons. The van der Waals surface area contributed by atoms with Crippen LogP contribution in [0, 0.1) is 5.92 Å². The minimum absolute atomic E-state index is 0.270. The molecule has 0 aliphatic heterocycles. The predicted octanol–water partition coefficient (Wildman–Crippen LogP) is 1.88. The van der Waals surface area contributed by atoms with E-state index in [1.807, 2.05) is 0 Å². The predicted molar refractivity (Wildman–Crippen MR) is 46.2 cm³/mol. The van der Waals surface area contributed by atoms with Gasteiger partial charge in [-0.2, -0.15) is 0 Å². The fourth-order valence-electron chi connectivity index (χ4n) is 1.83. The summed E-state index contributed by atoms with van der Waals surface area (Å²) in [7, 11) is 0. The van der Waals surface area contributed by atoms with E-state index in [-0.39, 0.29) is 6.04 Å². The van der Waals surface area contributed by atoms with Gasteiger partial charge in [-0.15, -0.1) is 0 Å². The van der Waals surface area contributed by atoms with Crippen LogP contribution >= 0.6 is 0 Å². The van der Waals surface area contributed by atoms with E-state index in [0.717, 1.165) is 6.42 Å². The van der Waals surface area contributed by atoms with Gasteiger partial charge in [-0.25, -0.2) is 0 Å². The molecule has 1 nitrogen and oxygen atoms in total. The van der Waals surface area contributed by atoms with Gasteiger partial charge in [0.05, 0.1) is 0 Å². The third-order valence-corrected chi connectivity index (χ3v) is 2.57. The lowest BCUT2D eigenvalue weighted by Crippen LogP contribution is -2.13. The van der Waals surface area contributed by atoms with E-state index >= 15 is 0 Å². The molecule has 1 aliphatic carbocycles. The average molecular weight is 147 g/mol. The number of benzene rings is 1. The Bertz CT molecular complexity index is 267. The maximum Gasteiger partial charge on any atom is 0.0326 e. The summed E-state index contributed by atoms with van der Waals surface area (Å²) < 4.78 is 0. The molecule has 0 saturated carbocycles. The average Bonchev–Trinajstić information content (AvgIpc) is 2.30. The van der Waals surface area contributed by atoms with Gasteiger partial charge in [0.25, 0.3) is 0 Å². The normalized spacial score (nSPS) is 28.5. The summed E-state index contributed by atoms with van der Waals surface area (Å²) in [5, 5.41) is 0. The van der Waals surface area contributed by atoms with Crippen molar-refractivity contribution in [3.8, 4) is 0 Å². The van der Waals surface area contributed by atoms with Crippen LogP contribution in [0.25, 0.3) is 0 Å². The summed E-state index contributed by atoms with van der Waals surface area (Å²) >= 11 is 0. The molecule has 1 heteroatoms. The second kappa shape index (κ2) is 2.35. The molecule has 0 aromatic heterocycles. The minimum Gasteiger partial charge on any atom is -0.324 e. The van der Waals surface area contributed by atoms with Crippen molar-refractivity contribution in [3.63, 3.8) is 0 Å². The van der Waals surface area contributed by atoms with Crippen LogP contribution in [0.4, 0.5) is 0 Å². The summed E-state index contributed by atoms with van der Waals surface area (Å²) in [5.74, 6) is 0.618. The zero-order valence-corrected chi connectivity index (χ0v) is 6.75. The smallest absolute Gasteiger partial charge is 0.0326 e. The highest BCUT2D eigenvalue weighted by molar-refractivity contribution is 5.34. The second-order valence-corrected chi connectivity index (χ2v) is 3.41. The number of hydrogen-bond acceptors (Lipinski definition) is 1. The van der Waals surface area contributed by atoms with Crippen molar-refractivity contribution in [2.24, 2.45) is 11.7 Å². The summed E-state index contributed by atoms with van der Waals surface area (Å²) in [6.45, 7) is 2.21. The van der Waals surface area contributed by atoms with E-state index in [1.54, 1.807) is 0 Å². The van der Waals surface area contributed by atoms with Crippen molar-refractivity contribution < 1.29 is 0 Å². The molecular formula is C10H13N. The van der Waals surface area contributed by atoms with Crippen LogP contribution in [-0.4, -0.2) is 0 Å². The first kappa shape index (κ1) is 6.86. The maximum atomic E-state index is 5.99. The molecule has 2 rings (SSSR count). The Kier molecular flexibility index (Phi) is 1.46. The molecule has 0 amide bonds. The lowest BCUT2D eigenvalue weighted by atomic mass is 10.0. The number of fused-ring (bicyclic) bond motifs is 1. The zero-order chi connectivity index (χ0) is 7.84. The molecule has 0 radical (unpaired) electrons. The maximum absolute atomic E-state index is 5.99. The van der Waals surface area contributed by atoms with E-state index < -0.39 is 0 Å². The van der Waals surface area contributed by atoms with Crippen molar-refractivity contribution in [2.75, 3.05) is 0 Å². The highest BCUT2D eigenvalue weighted by Gasteiger charge is 2.24. The van der Waals surface area contributed by atoms with Crippen LogP contribution < -0.4 is 5.73 Å². The first-order valence-corrected chi connectivity index (χ1v) is 4.12. The van der Waals surface area contributed by atoms with Crippen molar-refractivity contribution in [2.45, 2.75) is 19.4 Å². The molecule has 2 atom stereocenters. The van der Waals surface area contributed by atoms with E-state index in [1.165, 1.54) is 11.1 Å². The SMILES string of the molecule is CC1Cc2ccccc2[C@@H]1N. The number of hydrogen-bond donors (Lipinski definition) is 1. The quantitative estimate of drug-likeness (QED) is 0.595. The molecule has 0 spiro atoms. The fourth-order valence-corrected chi connectivity index (χ4v) is 1.83. The molecule has 11 heavy (non-hydrogen) atoms.